The zero-order valence-corrected chi connectivity index (χ0v) is 19.9. The summed E-state index contributed by atoms with van der Waals surface area (Å²) in [5.41, 5.74) is 0.550. The topological polar surface area (TPSA) is 86.8 Å². The van der Waals surface area contributed by atoms with E-state index < -0.39 is 40.2 Å². The number of benzene rings is 2. The summed E-state index contributed by atoms with van der Waals surface area (Å²) in [6, 6.07) is 10.5. The number of sulfonamides is 1. The van der Waals surface area contributed by atoms with Crippen LogP contribution in [0.5, 0.6) is 0 Å². The van der Waals surface area contributed by atoms with Gasteiger partial charge in [-0.3, -0.25) is 13.9 Å². The molecule has 0 bridgehead atoms. The van der Waals surface area contributed by atoms with E-state index in [-0.39, 0.29) is 24.2 Å². The molecule has 0 aliphatic rings. The molecule has 2 atom stereocenters. The first-order valence-electron chi connectivity index (χ1n) is 10.5. The second-order valence-electron chi connectivity index (χ2n) is 7.87. The lowest BCUT2D eigenvalue weighted by Gasteiger charge is -2.32. The standard InChI is InChI=1S/C23H29F2N3O4S/c1-5-16(2)26-23(30)17(3)27(14-18-9-7-6-8-10-18)22(29)15-28(33(4,31)32)19-11-12-20(24)21(25)13-19/h6-13,16-17H,5,14-15H2,1-4H3,(H,26,30)/t16-,17-/m0/s1. The van der Waals surface area contributed by atoms with E-state index in [0.717, 1.165) is 24.0 Å². The summed E-state index contributed by atoms with van der Waals surface area (Å²) in [6.07, 6.45) is 1.56. The molecule has 0 saturated carbocycles. The Morgan fingerprint density at radius 1 is 1.03 bits per heavy atom. The Morgan fingerprint density at radius 2 is 1.67 bits per heavy atom. The summed E-state index contributed by atoms with van der Waals surface area (Å²) in [6.45, 7) is 4.68. The zero-order valence-electron chi connectivity index (χ0n) is 19.1. The number of carbonyl (C=O) groups is 2. The molecule has 1 N–H and O–H groups in total. The van der Waals surface area contributed by atoms with Gasteiger partial charge in [-0.25, -0.2) is 17.2 Å². The first kappa shape index (κ1) is 26.2. The minimum Gasteiger partial charge on any atom is -0.352 e. The molecule has 0 unspecified atom stereocenters. The largest absolute Gasteiger partial charge is 0.352 e. The average molecular weight is 482 g/mol. The number of halogens is 2. The van der Waals surface area contributed by atoms with Gasteiger partial charge in [0.2, 0.25) is 21.8 Å². The molecule has 7 nitrogen and oxygen atoms in total. The van der Waals surface area contributed by atoms with Crippen molar-refractivity contribution in [2.75, 3.05) is 17.1 Å². The van der Waals surface area contributed by atoms with E-state index >= 15 is 0 Å². The fourth-order valence-electron chi connectivity index (χ4n) is 3.08. The fraction of sp³-hybridized carbons (Fsp3) is 0.391. The minimum atomic E-state index is -4.02. The van der Waals surface area contributed by atoms with Crippen LogP contribution in [0.25, 0.3) is 0 Å². The Labute approximate surface area is 193 Å². The van der Waals surface area contributed by atoms with E-state index in [9.17, 15) is 26.8 Å². The minimum absolute atomic E-state index is 0.0597. The number of amides is 2. The highest BCUT2D eigenvalue weighted by atomic mass is 32.2. The van der Waals surface area contributed by atoms with Crippen LogP contribution < -0.4 is 9.62 Å². The van der Waals surface area contributed by atoms with E-state index in [4.69, 9.17) is 0 Å². The van der Waals surface area contributed by atoms with Crippen molar-refractivity contribution in [3.05, 3.63) is 65.7 Å². The van der Waals surface area contributed by atoms with Crippen molar-refractivity contribution in [3.8, 4) is 0 Å². The number of nitrogens with one attached hydrogen (secondary N) is 1. The third-order valence-electron chi connectivity index (χ3n) is 5.23. The second kappa shape index (κ2) is 11.2. The van der Waals surface area contributed by atoms with Gasteiger partial charge in [0, 0.05) is 18.7 Å². The molecule has 10 heteroatoms. The third kappa shape index (κ3) is 7.24. The van der Waals surface area contributed by atoms with Crippen molar-refractivity contribution in [2.45, 2.75) is 45.8 Å². The van der Waals surface area contributed by atoms with Gasteiger partial charge in [0.25, 0.3) is 0 Å². The summed E-state index contributed by atoms with van der Waals surface area (Å²) >= 11 is 0. The monoisotopic (exact) mass is 481 g/mol. The van der Waals surface area contributed by atoms with Crippen LogP contribution in [-0.4, -0.2) is 50.0 Å². The molecule has 0 aliphatic heterocycles. The Hall–Kier alpha value is -3.01. The second-order valence-corrected chi connectivity index (χ2v) is 9.78. The number of hydrogen-bond acceptors (Lipinski definition) is 4. The lowest BCUT2D eigenvalue weighted by atomic mass is 10.1. The summed E-state index contributed by atoms with van der Waals surface area (Å²) in [7, 11) is -4.02. The summed E-state index contributed by atoms with van der Waals surface area (Å²) < 4.78 is 52.6. The van der Waals surface area contributed by atoms with Crippen LogP contribution in [0.15, 0.2) is 48.5 Å². The summed E-state index contributed by atoms with van der Waals surface area (Å²) in [5.74, 6) is -3.43. The molecular weight excluding hydrogens is 452 g/mol. The first-order chi connectivity index (χ1) is 15.4. The van der Waals surface area contributed by atoms with Gasteiger partial charge in [0.15, 0.2) is 11.6 Å². The average Bonchev–Trinajstić information content (AvgIpc) is 2.76. The molecule has 2 aromatic rings. The maximum atomic E-state index is 13.8. The van der Waals surface area contributed by atoms with Crippen LogP contribution in [0.1, 0.15) is 32.8 Å². The van der Waals surface area contributed by atoms with E-state index in [1.54, 1.807) is 31.2 Å². The van der Waals surface area contributed by atoms with Crippen molar-refractivity contribution >= 4 is 27.5 Å². The molecule has 0 aliphatic carbocycles. The van der Waals surface area contributed by atoms with Crippen LogP contribution >= 0.6 is 0 Å². The Balaban J connectivity index is 2.38. The van der Waals surface area contributed by atoms with Crippen LogP contribution in [0.4, 0.5) is 14.5 Å². The fourth-order valence-corrected chi connectivity index (χ4v) is 3.92. The van der Waals surface area contributed by atoms with Crippen LogP contribution in [0.3, 0.4) is 0 Å². The Morgan fingerprint density at radius 3 is 2.21 bits per heavy atom. The molecule has 2 rings (SSSR count). The van der Waals surface area contributed by atoms with Gasteiger partial charge in [0.05, 0.1) is 11.9 Å². The van der Waals surface area contributed by atoms with E-state index in [1.807, 2.05) is 19.9 Å². The molecule has 0 saturated heterocycles. The Kier molecular flexibility index (Phi) is 8.92. The van der Waals surface area contributed by atoms with Crippen molar-refractivity contribution < 1.29 is 26.8 Å². The molecule has 2 aromatic carbocycles. The quantitative estimate of drug-likeness (QED) is 0.565. The summed E-state index contributed by atoms with van der Waals surface area (Å²) in [4.78, 5) is 27.3. The van der Waals surface area contributed by atoms with Crippen LogP contribution in [-0.2, 0) is 26.2 Å². The van der Waals surface area contributed by atoms with E-state index in [1.165, 1.54) is 4.90 Å². The molecule has 0 fully saturated rings. The normalized spacial score (nSPS) is 13.2. The number of nitrogens with zero attached hydrogens (tertiary/aromatic N) is 2. The molecule has 0 radical (unpaired) electrons. The highest BCUT2D eigenvalue weighted by Crippen LogP contribution is 2.21. The molecule has 33 heavy (non-hydrogen) atoms. The van der Waals surface area contributed by atoms with Crippen LogP contribution in [0, 0.1) is 11.6 Å². The highest BCUT2D eigenvalue weighted by molar-refractivity contribution is 7.92. The number of hydrogen-bond donors (Lipinski definition) is 1. The first-order valence-corrected chi connectivity index (χ1v) is 12.3. The lowest BCUT2D eigenvalue weighted by Crippen LogP contribution is -2.52. The van der Waals surface area contributed by atoms with Crippen molar-refractivity contribution in [2.24, 2.45) is 0 Å². The van der Waals surface area contributed by atoms with E-state index in [0.29, 0.717) is 16.8 Å². The maximum Gasteiger partial charge on any atom is 0.244 e. The van der Waals surface area contributed by atoms with Crippen molar-refractivity contribution in [1.82, 2.24) is 10.2 Å². The lowest BCUT2D eigenvalue weighted by molar-refractivity contribution is -0.139. The predicted molar refractivity (Wildman–Crippen MR) is 123 cm³/mol. The smallest absolute Gasteiger partial charge is 0.244 e. The molecule has 0 heterocycles. The van der Waals surface area contributed by atoms with Gasteiger partial charge >= 0.3 is 0 Å². The summed E-state index contributed by atoms with van der Waals surface area (Å²) in [5, 5.41) is 2.82. The van der Waals surface area contributed by atoms with Gasteiger partial charge < -0.3 is 10.2 Å². The molecule has 2 amide bonds. The van der Waals surface area contributed by atoms with Gasteiger partial charge in [-0.05, 0) is 38.0 Å². The van der Waals surface area contributed by atoms with Gasteiger partial charge in [-0.15, -0.1) is 0 Å². The molecule has 0 aromatic heterocycles. The molecular formula is C23H29F2N3O4S. The zero-order chi connectivity index (χ0) is 24.8. The predicted octanol–water partition coefficient (Wildman–Crippen LogP) is 3.06. The van der Waals surface area contributed by atoms with Gasteiger partial charge in [-0.2, -0.15) is 0 Å². The van der Waals surface area contributed by atoms with Crippen molar-refractivity contribution in [3.63, 3.8) is 0 Å². The van der Waals surface area contributed by atoms with Gasteiger partial charge in [0.1, 0.15) is 12.6 Å². The third-order valence-corrected chi connectivity index (χ3v) is 6.38. The van der Waals surface area contributed by atoms with E-state index in [2.05, 4.69) is 5.32 Å². The number of rotatable bonds is 10. The highest BCUT2D eigenvalue weighted by Gasteiger charge is 2.30. The number of anilines is 1. The van der Waals surface area contributed by atoms with Crippen LogP contribution in [0.2, 0.25) is 0 Å². The van der Waals surface area contributed by atoms with Crippen molar-refractivity contribution in [1.29, 1.82) is 0 Å². The molecule has 0 spiro atoms. The SMILES string of the molecule is CC[C@H](C)NC(=O)[C@H](C)N(Cc1ccccc1)C(=O)CN(c1ccc(F)c(F)c1)S(C)(=O)=O. The van der Waals surface area contributed by atoms with Gasteiger partial charge in [-0.1, -0.05) is 37.3 Å². The Bertz CT molecular complexity index is 1080. The molecule has 180 valence electrons. The number of carbonyl (C=O) groups excluding carboxylic acids is 2. The maximum absolute atomic E-state index is 13.8.